The summed E-state index contributed by atoms with van der Waals surface area (Å²) < 4.78 is 13.5. The maximum atomic E-state index is 13.5. The number of pyridine rings is 1. The van der Waals surface area contributed by atoms with Crippen LogP contribution in [0.4, 0.5) is 10.1 Å². The van der Waals surface area contributed by atoms with Crippen LogP contribution in [-0.4, -0.2) is 31.1 Å². The zero-order chi connectivity index (χ0) is 27.1. The van der Waals surface area contributed by atoms with Gasteiger partial charge in [0.2, 0.25) is 5.91 Å². The van der Waals surface area contributed by atoms with Gasteiger partial charge in [0.15, 0.2) is 5.82 Å². The molecule has 6 aromatic rings. The van der Waals surface area contributed by atoms with Crippen molar-refractivity contribution in [1.82, 2.24) is 25.1 Å². The lowest BCUT2D eigenvalue weighted by atomic mass is 9.92. The molecule has 0 radical (unpaired) electrons. The van der Waals surface area contributed by atoms with Gasteiger partial charge >= 0.3 is 0 Å². The molecule has 7 nitrogen and oxygen atoms in total. The minimum Gasteiger partial charge on any atom is -0.337 e. The highest BCUT2D eigenvalue weighted by atomic mass is 19.1. The first kappa shape index (κ1) is 24.5. The molecule has 194 valence electrons. The number of halogens is 1. The fraction of sp³-hybridized carbons (Fsp3) is 0.161. The average molecular weight is 519 g/mol. The van der Waals surface area contributed by atoms with E-state index in [1.54, 1.807) is 24.5 Å². The van der Waals surface area contributed by atoms with E-state index in [1.165, 1.54) is 12.1 Å². The highest BCUT2D eigenvalue weighted by Crippen LogP contribution is 2.33. The molecule has 39 heavy (non-hydrogen) atoms. The molecule has 0 aliphatic heterocycles. The second-order valence-corrected chi connectivity index (χ2v) is 10.9. The van der Waals surface area contributed by atoms with Gasteiger partial charge in [-0.1, -0.05) is 51.1 Å². The number of hydrogen-bond acceptors (Lipinski definition) is 4. The van der Waals surface area contributed by atoms with E-state index in [2.05, 4.69) is 25.5 Å². The molecule has 0 saturated heterocycles. The summed E-state index contributed by atoms with van der Waals surface area (Å²) in [5.74, 6) is 0.309. The van der Waals surface area contributed by atoms with E-state index in [0.29, 0.717) is 23.6 Å². The molecule has 0 aliphatic carbocycles. The maximum Gasteiger partial charge on any atom is 0.224 e. The Morgan fingerprint density at radius 3 is 2.51 bits per heavy atom. The highest BCUT2D eigenvalue weighted by Gasteiger charge is 2.18. The molecule has 3 N–H and O–H groups in total. The van der Waals surface area contributed by atoms with Crippen LogP contribution in [0.2, 0.25) is 0 Å². The van der Waals surface area contributed by atoms with E-state index in [9.17, 15) is 9.18 Å². The zero-order valence-corrected chi connectivity index (χ0v) is 21.8. The Morgan fingerprint density at radius 1 is 0.923 bits per heavy atom. The van der Waals surface area contributed by atoms with Crippen LogP contribution >= 0.6 is 0 Å². The number of carbonyl (C=O) groups excluding carboxylic acids is 1. The topological polar surface area (TPSA) is 99.3 Å². The van der Waals surface area contributed by atoms with Crippen molar-refractivity contribution in [2.45, 2.75) is 27.2 Å². The normalized spacial score (nSPS) is 11.8. The van der Waals surface area contributed by atoms with Crippen LogP contribution in [0.5, 0.6) is 0 Å². The average Bonchev–Trinajstić information content (AvgIpc) is 3.52. The lowest BCUT2D eigenvalue weighted by molar-refractivity contribution is -0.117. The first-order valence-electron chi connectivity index (χ1n) is 12.7. The lowest BCUT2D eigenvalue weighted by Gasteiger charge is -2.17. The summed E-state index contributed by atoms with van der Waals surface area (Å²) in [5.41, 5.74) is 7.37. The summed E-state index contributed by atoms with van der Waals surface area (Å²) >= 11 is 0. The molecule has 3 aromatic heterocycles. The number of rotatable bonds is 5. The van der Waals surface area contributed by atoms with Crippen LogP contribution in [0.25, 0.3) is 55.7 Å². The molecule has 0 bridgehead atoms. The van der Waals surface area contributed by atoms with E-state index >= 15 is 0 Å². The minimum atomic E-state index is -0.277. The number of H-pyrrole nitrogens is 2. The Hall–Kier alpha value is -4.85. The molecule has 0 atom stereocenters. The Kier molecular flexibility index (Phi) is 5.95. The first-order valence-corrected chi connectivity index (χ1v) is 12.7. The number of para-hydroxylation sites is 1. The van der Waals surface area contributed by atoms with Gasteiger partial charge in [-0.2, -0.15) is 5.10 Å². The lowest BCUT2D eigenvalue weighted by Crippen LogP contribution is -2.19. The smallest absolute Gasteiger partial charge is 0.224 e. The summed E-state index contributed by atoms with van der Waals surface area (Å²) in [6, 6.07) is 20.2. The Morgan fingerprint density at radius 2 is 1.72 bits per heavy atom. The minimum absolute atomic E-state index is 0.0427. The molecular weight excluding hydrogens is 491 g/mol. The van der Waals surface area contributed by atoms with Crippen molar-refractivity contribution in [1.29, 1.82) is 0 Å². The van der Waals surface area contributed by atoms with Gasteiger partial charge in [-0.3, -0.25) is 14.9 Å². The molecular formula is C31H27FN6O. The number of aromatic nitrogens is 5. The fourth-order valence-electron chi connectivity index (χ4n) is 4.73. The van der Waals surface area contributed by atoms with Gasteiger partial charge in [0.1, 0.15) is 11.5 Å². The highest BCUT2D eigenvalue weighted by molar-refractivity contribution is 5.98. The fourth-order valence-corrected chi connectivity index (χ4v) is 4.73. The number of nitrogens with zero attached hydrogens (tertiary/aromatic N) is 3. The van der Waals surface area contributed by atoms with Gasteiger partial charge in [0, 0.05) is 29.1 Å². The molecule has 1 amide bonds. The predicted octanol–water partition coefficient (Wildman–Crippen LogP) is 7.35. The van der Waals surface area contributed by atoms with E-state index in [-0.39, 0.29) is 17.1 Å². The van der Waals surface area contributed by atoms with Gasteiger partial charge in [-0.25, -0.2) is 9.37 Å². The van der Waals surface area contributed by atoms with Gasteiger partial charge in [-0.05, 0) is 52.9 Å². The standard InChI is InChI=1S/C31H27FN6O/c1-31(2,3)15-27(39)34-22-13-20(16-33-17-22)19-9-12-25-24(14-19)29(38-37-25)30-35-26-6-4-5-23(28(26)36-30)18-7-10-21(32)11-8-18/h4-14,16-17H,15H2,1-3H3,(H,34,39)(H,35,36)(H,37,38). The zero-order valence-electron chi connectivity index (χ0n) is 21.8. The third-order valence-corrected chi connectivity index (χ3v) is 6.50. The predicted molar refractivity (Wildman–Crippen MR) is 153 cm³/mol. The van der Waals surface area contributed by atoms with Crippen LogP contribution in [0.3, 0.4) is 0 Å². The van der Waals surface area contributed by atoms with Crippen molar-refractivity contribution >= 4 is 33.5 Å². The molecule has 0 aliphatic rings. The molecule has 6 rings (SSSR count). The third-order valence-electron chi connectivity index (χ3n) is 6.50. The van der Waals surface area contributed by atoms with Crippen molar-refractivity contribution in [2.75, 3.05) is 5.32 Å². The van der Waals surface area contributed by atoms with Crippen molar-refractivity contribution in [3.05, 3.63) is 84.9 Å². The number of anilines is 1. The quantitative estimate of drug-likeness (QED) is 0.222. The molecule has 0 unspecified atom stereocenters. The number of carbonyl (C=O) groups is 1. The van der Waals surface area contributed by atoms with Gasteiger partial charge in [0.25, 0.3) is 0 Å². The van der Waals surface area contributed by atoms with Gasteiger partial charge < -0.3 is 10.3 Å². The van der Waals surface area contributed by atoms with E-state index in [1.807, 2.05) is 63.2 Å². The number of nitrogens with one attached hydrogen (secondary N) is 3. The SMILES string of the molecule is CC(C)(C)CC(=O)Nc1cncc(-c2ccc3[nH]nc(-c4nc5c(-c6ccc(F)cc6)cccc5[nH]4)c3c2)c1. The van der Waals surface area contributed by atoms with E-state index in [0.717, 1.165) is 44.2 Å². The van der Waals surface area contributed by atoms with Crippen molar-refractivity contribution in [2.24, 2.45) is 5.41 Å². The summed E-state index contributed by atoms with van der Waals surface area (Å²) in [4.78, 5) is 25.1. The second kappa shape index (κ2) is 9.47. The molecule has 0 spiro atoms. The van der Waals surface area contributed by atoms with Gasteiger partial charge in [0.05, 0.1) is 28.4 Å². The number of aromatic amines is 2. The Balaban J connectivity index is 1.36. The number of fused-ring (bicyclic) bond motifs is 2. The maximum absolute atomic E-state index is 13.5. The monoisotopic (exact) mass is 518 g/mol. The summed E-state index contributed by atoms with van der Waals surface area (Å²) in [7, 11) is 0. The Labute approximate surface area is 224 Å². The van der Waals surface area contributed by atoms with Gasteiger partial charge in [-0.15, -0.1) is 0 Å². The van der Waals surface area contributed by atoms with Crippen LogP contribution in [0.15, 0.2) is 79.1 Å². The summed E-state index contributed by atoms with van der Waals surface area (Å²) in [6.07, 6.45) is 3.84. The van der Waals surface area contributed by atoms with Crippen molar-refractivity contribution < 1.29 is 9.18 Å². The summed E-state index contributed by atoms with van der Waals surface area (Å²) in [6.45, 7) is 6.10. The van der Waals surface area contributed by atoms with Crippen LogP contribution in [0.1, 0.15) is 27.2 Å². The third kappa shape index (κ3) is 5.01. The molecule has 8 heteroatoms. The van der Waals surface area contributed by atoms with Crippen LogP contribution in [0, 0.1) is 11.2 Å². The number of imidazole rings is 1. The van der Waals surface area contributed by atoms with Crippen molar-refractivity contribution in [3.8, 4) is 33.8 Å². The summed E-state index contributed by atoms with van der Waals surface area (Å²) in [5, 5.41) is 11.5. The van der Waals surface area contributed by atoms with Crippen LogP contribution < -0.4 is 5.32 Å². The molecule has 0 saturated carbocycles. The number of benzene rings is 3. The second-order valence-electron chi connectivity index (χ2n) is 10.9. The van der Waals surface area contributed by atoms with Crippen molar-refractivity contribution in [3.63, 3.8) is 0 Å². The Bertz CT molecular complexity index is 1830. The molecule has 3 heterocycles. The number of hydrogen-bond donors (Lipinski definition) is 3. The van der Waals surface area contributed by atoms with Crippen LogP contribution in [-0.2, 0) is 4.79 Å². The van der Waals surface area contributed by atoms with E-state index in [4.69, 9.17) is 4.98 Å². The largest absolute Gasteiger partial charge is 0.337 e. The molecule has 3 aromatic carbocycles. The first-order chi connectivity index (χ1) is 18.7. The number of amides is 1. The molecule has 0 fully saturated rings. The van der Waals surface area contributed by atoms with E-state index < -0.39 is 0 Å².